The highest BCUT2D eigenvalue weighted by Crippen LogP contribution is 2.23. The summed E-state index contributed by atoms with van der Waals surface area (Å²) in [5.41, 5.74) is 11.6. The number of anilines is 3. The van der Waals surface area contributed by atoms with Crippen LogP contribution in [-0.2, 0) is 6.42 Å². The largest absolute Gasteiger partial charge is 0.440 e. The Morgan fingerprint density at radius 2 is 1.70 bits per heavy atom. The van der Waals surface area contributed by atoms with Gasteiger partial charge >= 0.3 is 0 Å². The lowest BCUT2D eigenvalue weighted by Gasteiger charge is -2.13. The number of nitrogens with two attached hydrogens (primary N) is 1. The summed E-state index contributed by atoms with van der Waals surface area (Å²) in [4.78, 5) is 4.55. The van der Waals surface area contributed by atoms with Gasteiger partial charge in [-0.05, 0) is 48.1 Å². The van der Waals surface area contributed by atoms with Crippen molar-refractivity contribution in [3.63, 3.8) is 0 Å². The number of nitrogen functional groups attached to an aromatic ring is 1. The topological polar surface area (TPSA) is 102 Å². The van der Waals surface area contributed by atoms with E-state index in [9.17, 15) is 0 Å². The highest BCUT2D eigenvalue weighted by molar-refractivity contribution is 7.80. The van der Waals surface area contributed by atoms with Gasteiger partial charge in [-0.25, -0.2) is 4.98 Å². The first-order valence-corrected chi connectivity index (χ1v) is 10.7. The van der Waals surface area contributed by atoms with Gasteiger partial charge in [-0.15, -0.1) is 10.2 Å². The monoisotopic (exact) mass is 452 g/mol. The van der Waals surface area contributed by atoms with E-state index in [1.807, 2.05) is 78.9 Å². The van der Waals surface area contributed by atoms with Crippen molar-refractivity contribution in [1.82, 2.24) is 15.2 Å². The van der Waals surface area contributed by atoms with Crippen LogP contribution in [-0.4, -0.2) is 20.3 Å². The second-order valence-corrected chi connectivity index (χ2v) is 7.83. The van der Waals surface area contributed by atoms with Gasteiger partial charge in [0.25, 0.3) is 0 Å². The van der Waals surface area contributed by atoms with E-state index in [4.69, 9.17) is 22.4 Å². The third-order valence-corrected chi connectivity index (χ3v) is 5.24. The molecule has 0 bridgehead atoms. The lowest BCUT2D eigenvalue weighted by atomic mass is 10.1. The van der Waals surface area contributed by atoms with Crippen molar-refractivity contribution in [2.45, 2.75) is 6.42 Å². The lowest BCUT2D eigenvalue weighted by molar-refractivity contribution is 0.544. The molecular formula is C25H20N6OS. The van der Waals surface area contributed by atoms with Gasteiger partial charge in [0.05, 0.1) is 12.1 Å². The fourth-order valence-electron chi connectivity index (χ4n) is 3.46. The van der Waals surface area contributed by atoms with Gasteiger partial charge in [0.1, 0.15) is 5.52 Å². The number of para-hydroxylation sites is 1. The predicted molar refractivity (Wildman–Crippen MR) is 135 cm³/mol. The average molecular weight is 453 g/mol. The Morgan fingerprint density at radius 1 is 0.879 bits per heavy atom. The molecule has 0 saturated carbocycles. The maximum absolute atomic E-state index is 5.87. The molecule has 33 heavy (non-hydrogen) atoms. The van der Waals surface area contributed by atoms with Crippen molar-refractivity contribution >= 4 is 45.6 Å². The van der Waals surface area contributed by atoms with Crippen molar-refractivity contribution in [2.24, 2.45) is 0 Å². The van der Waals surface area contributed by atoms with Gasteiger partial charge in [0, 0.05) is 23.0 Å². The standard InChI is InChI=1S/C25H20N6OS/c26-18-10-11-21-22(15-18)32-24(27-21)14-17-8-4-5-9-19(17)28-25(33)29-23-13-12-20(30-31-23)16-6-2-1-3-7-16/h1-13,15H,14,26H2,(H2,28,29,31,33). The van der Waals surface area contributed by atoms with Crippen LogP contribution in [0.1, 0.15) is 11.5 Å². The number of nitrogens with one attached hydrogen (secondary N) is 2. The number of hydrogen-bond acceptors (Lipinski definition) is 6. The number of aromatic nitrogens is 3. The van der Waals surface area contributed by atoms with Crippen molar-refractivity contribution in [1.29, 1.82) is 0 Å². The molecule has 0 fully saturated rings. The normalized spacial score (nSPS) is 10.8. The summed E-state index contributed by atoms with van der Waals surface area (Å²) < 4.78 is 5.87. The first-order chi connectivity index (χ1) is 16.1. The Morgan fingerprint density at radius 3 is 2.52 bits per heavy atom. The van der Waals surface area contributed by atoms with Gasteiger partial charge in [-0.3, -0.25) is 0 Å². The molecule has 0 amide bonds. The van der Waals surface area contributed by atoms with E-state index >= 15 is 0 Å². The third-order valence-electron chi connectivity index (χ3n) is 5.04. The zero-order valence-corrected chi connectivity index (χ0v) is 18.3. The van der Waals surface area contributed by atoms with Crippen LogP contribution in [0.2, 0.25) is 0 Å². The molecule has 0 saturated heterocycles. The minimum absolute atomic E-state index is 0.412. The van der Waals surface area contributed by atoms with E-state index in [1.54, 1.807) is 6.07 Å². The molecular weight excluding hydrogens is 432 g/mol. The molecule has 0 atom stereocenters. The van der Waals surface area contributed by atoms with Gasteiger partial charge in [-0.2, -0.15) is 0 Å². The SMILES string of the molecule is Nc1ccc2nc(Cc3ccccc3NC(=S)Nc3ccc(-c4ccccc4)nn3)oc2c1. The summed E-state index contributed by atoms with van der Waals surface area (Å²) in [7, 11) is 0. The zero-order chi connectivity index (χ0) is 22.6. The summed E-state index contributed by atoms with van der Waals surface area (Å²) in [6, 6.07) is 26.9. The minimum Gasteiger partial charge on any atom is -0.440 e. The fourth-order valence-corrected chi connectivity index (χ4v) is 3.67. The van der Waals surface area contributed by atoms with E-state index in [1.165, 1.54) is 0 Å². The number of fused-ring (bicyclic) bond motifs is 1. The molecule has 0 aliphatic rings. The van der Waals surface area contributed by atoms with Crippen LogP contribution in [0.3, 0.4) is 0 Å². The number of benzene rings is 3. The maximum atomic E-state index is 5.87. The van der Waals surface area contributed by atoms with E-state index in [0.717, 1.165) is 28.0 Å². The fraction of sp³-hybridized carbons (Fsp3) is 0.0400. The quantitative estimate of drug-likeness (QED) is 0.245. The first-order valence-electron chi connectivity index (χ1n) is 10.3. The van der Waals surface area contributed by atoms with Gasteiger partial charge in [0.2, 0.25) is 0 Å². The van der Waals surface area contributed by atoms with Crippen LogP contribution < -0.4 is 16.4 Å². The molecule has 5 aromatic rings. The predicted octanol–water partition coefficient (Wildman–Crippen LogP) is 5.27. The lowest BCUT2D eigenvalue weighted by Crippen LogP contribution is -2.20. The number of nitrogens with zero attached hydrogens (tertiary/aromatic N) is 3. The molecule has 8 heteroatoms. The summed E-state index contributed by atoms with van der Waals surface area (Å²) >= 11 is 5.49. The number of rotatable bonds is 5. The van der Waals surface area contributed by atoms with Gasteiger partial charge < -0.3 is 20.8 Å². The molecule has 5 rings (SSSR count). The van der Waals surface area contributed by atoms with Crippen molar-refractivity contribution in [3.05, 3.63) is 96.4 Å². The summed E-state index contributed by atoms with van der Waals surface area (Å²) in [6.07, 6.45) is 0.506. The Labute approximate surface area is 195 Å². The molecule has 0 radical (unpaired) electrons. The van der Waals surface area contributed by atoms with Crippen LogP contribution in [0.25, 0.3) is 22.4 Å². The Balaban J connectivity index is 1.28. The van der Waals surface area contributed by atoms with Crippen LogP contribution in [0.15, 0.2) is 89.3 Å². The maximum Gasteiger partial charge on any atom is 0.199 e. The van der Waals surface area contributed by atoms with Crippen LogP contribution in [0.4, 0.5) is 17.2 Å². The molecule has 0 aliphatic heterocycles. The number of hydrogen-bond donors (Lipinski definition) is 3. The second-order valence-electron chi connectivity index (χ2n) is 7.42. The number of thiocarbonyl (C=S) groups is 1. The van der Waals surface area contributed by atoms with Gasteiger partial charge in [0.15, 0.2) is 22.4 Å². The Bertz CT molecular complexity index is 1420. The minimum atomic E-state index is 0.412. The number of oxazole rings is 1. The van der Waals surface area contributed by atoms with E-state index in [0.29, 0.717) is 34.5 Å². The summed E-state index contributed by atoms with van der Waals surface area (Å²) in [5, 5.41) is 15.2. The first kappa shape index (κ1) is 20.6. The molecule has 7 nitrogen and oxygen atoms in total. The zero-order valence-electron chi connectivity index (χ0n) is 17.5. The van der Waals surface area contributed by atoms with Crippen LogP contribution in [0.5, 0.6) is 0 Å². The molecule has 0 aliphatic carbocycles. The Kier molecular flexibility index (Phi) is 5.65. The third kappa shape index (κ3) is 4.81. The molecule has 4 N–H and O–H groups in total. The summed E-state index contributed by atoms with van der Waals surface area (Å²) in [5.74, 6) is 1.16. The van der Waals surface area contributed by atoms with Crippen LogP contribution >= 0.6 is 12.2 Å². The molecule has 3 aromatic carbocycles. The molecule has 0 unspecified atom stereocenters. The van der Waals surface area contributed by atoms with Crippen molar-refractivity contribution in [2.75, 3.05) is 16.4 Å². The molecule has 2 heterocycles. The highest BCUT2D eigenvalue weighted by Gasteiger charge is 2.11. The van der Waals surface area contributed by atoms with E-state index in [-0.39, 0.29) is 0 Å². The highest BCUT2D eigenvalue weighted by atomic mass is 32.1. The molecule has 0 spiro atoms. The van der Waals surface area contributed by atoms with Crippen molar-refractivity contribution < 1.29 is 4.42 Å². The van der Waals surface area contributed by atoms with Crippen molar-refractivity contribution in [3.8, 4) is 11.3 Å². The Hall–Kier alpha value is -4.30. The second kappa shape index (κ2) is 9.05. The van der Waals surface area contributed by atoms with Crippen LogP contribution in [0, 0.1) is 0 Å². The average Bonchev–Trinajstić information content (AvgIpc) is 3.23. The molecule has 2 aromatic heterocycles. The van der Waals surface area contributed by atoms with E-state index < -0.39 is 0 Å². The smallest absolute Gasteiger partial charge is 0.199 e. The molecule has 162 valence electrons. The van der Waals surface area contributed by atoms with E-state index in [2.05, 4.69) is 25.8 Å². The summed E-state index contributed by atoms with van der Waals surface area (Å²) in [6.45, 7) is 0. The van der Waals surface area contributed by atoms with Gasteiger partial charge in [-0.1, -0.05) is 48.5 Å².